The highest BCUT2D eigenvalue weighted by atomic mass is 35.5. The van der Waals surface area contributed by atoms with E-state index >= 15 is 0 Å². The summed E-state index contributed by atoms with van der Waals surface area (Å²) in [5.41, 5.74) is 2.03. The average Bonchev–Trinajstić information content (AvgIpc) is 3.11. The fourth-order valence-corrected chi connectivity index (χ4v) is 2.53. The molecular formula is C19H24ClN5O. The van der Waals surface area contributed by atoms with Crippen molar-refractivity contribution in [1.29, 1.82) is 0 Å². The molecular weight excluding hydrogens is 350 g/mol. The first kappa shape index (κ1) is 19.9. The van der Waals surface area contributed by atoms with Crippen LogP contribution in [0.4, 0.5) is 0 Å². The van der Waals surface area contributed by atoms with E-state index in [4.69, 9.17) is 4.74 Å². The Labute approximate surface area is 160 Å². The molecule has 0 bridgehead atoms. The van der Waals surface area contributed by atoms with Gasteiger partial charge >= 0.3 is 6.01 Å². The van der Waals surface area contributed by atoms with Gasteiger partial charge in [0.1, 0.15) is 5.75 Å². The number of ether oxygens (including phenoxy) is 1. The molecule has 1 heterocycles. The highest BCUT2D eigenvalue weighted by molar-refractivity contribution is 5.85. The SMILES string of the molecule is CCCCCNCc1cccc(Oc2nnnn2-c2ccccc2)c1.Cl. The van der Waals surface area contributed by atoms with Gasteiger partial charge in [-0.25, -0.2) is 0 Å². The second-order valence-electron chi connectivity index (χ2n) is 5.84. The van der Waals surface area contributed by atoms with E-state index in [1.807, 2.05) is 48.5 Å². The van der Waals surface area contributed by atoms with E-state index in [1.54, 1.807) is 4.68 Å². The van der Waals surface area contributed by atoms with Gasteiger partial charge in [0.25, 0.3) is 0 Å². The van der Waals surface area contributed by atoms with Crippen molar-refractivity contribution >= 4 is 12.4 Å². The molecule has 3 rings (SSSR count). The van der Waals surface area contributed by atoms with Crippen molar-refractivity contribution in [2.45, 2.75) is 32.7 Å². The number of tetrazole rings is 1. The maximum atomic E-state index is 5.89. The first-order chi connectivity index (χ1) is 12.4. The van der Waals surface area contributed by atoms with E-state index in [9.17, 15) is 0 Å². The molecule has 0 fully saturated rings. The Balaban J connectivity index is 0.00000243. The molecule has 1 aromatic heterocycles. The molecule has 0 spiro atoms. The molecule has 0 aliphatic carbocycles. The minimum atomic E-state index is 0. The minimum absolute atomic E-state index is 0. The van der Waals surface area contributed by atoms with Gasteiger partial charge in [0, 0.05) is 6.54 Å². The van der Waals surface area contributed by atoms with Gasteiger partial charge in [-0.05, 0) is 53.2 Å². The van der Waals surface area contributed by atoms with Crippen LogP contribution in [0.1, 0.15) is 31.7 Å². The second-order valence-corrected chi connectivity index (χ2v) is 5.84. The van der Waals surface area contributed by atoms with Crippen LogP contribution in [0.5, 0.6) is 11.8 Å². The molecule has 0 atom stereocenters. The molecule has 0 saturated carbocycles. The number of para-hydroxylation sites is 1. The second kappa shape index (κ2) is 10.5. The topological polar surface area (TPSA) is 64.9 Å². The predicted molar refractivity (Wildman–Crippen MR) is 104 cm³/mol. The van der Waals surface area contributed by atoms with Crippen LogP contribution in [-0.2, 0) is 6.54 Å². The van der Waals surface area contributed by atoms with Crippen molar-refractivity contribution in [3.05, 3.63) is 60.2 Å². The smallest absolute Gasteiger partial charge is 0.345 e. The molecule has 2 aromatic carbocycles. The first-order valence-corrected chi connectivity index (χ1v) is 8.68. The van der Waals surface area contributed by atoms with E-state index in [0.29, 0.717) is 6.01 Å². The summed E-state index contributed by atoms with van der Waals surface area (Å²) in [7, 11) is 0. The summed E-state index contributed by atoms with van der Waals surface area (Å²) in [6.07, 6.45) is 3.71. The van der Waals surface area contributed by atoms with Gasteiger partial charge in [0.2, 0.25) is 0 Å². The Morgan fingerprint density at radius 1 is 1.04 bits per heavy atom. The highest BCUT2D eigenvalue weighted by Gasteiger charge is 2.10. The zero-order chi connectivity index (χ0) is 17.3. The lowest BCUT2D eigenvalue weighted by Crippen LogP contribution is -2.14. The zero-order valence-electron chi connectivity index (χ0n) is 14.8. The van der Waals surface area contributed by atoms with Crippen molar-refractivity contribution in [3.8, 4) is 17.4 Å². The molecule has 7 heteroatoms. The Hall–Kier alpha value is -2.44. The third-order valence-corrected chi connectivity index (χ3v) is 3.84. The van der Waals surface area contributed by atoms with Gasteiger partial charge in [-0.1, -0.05) is 55.2 Å². The van der Waals surface area contributed by atoms with Crippen LogP contribution in [-0.4, -0.2) is 26.8 Å². The fourth-order valence-electron chi connectivity index (χ4n) is 2.53. The van der Waals surface area contributed by atoms with Crippen LogP contribution in [0.2, 0.25) is 0 Å². The fraction of sp³-hybridized carbons (Fsp3) is 0.316. The molecule has 0 radical (unpaired) electrons. The van der Waals surface area contributed by atoms with Gasteiger partial charge in [0.15, 0.2) is 0 Å². The predicted octanol–water partition coefficient (Wildman–Crippen LogP) is 4.16. The van der Waals surface area contributed by atoms with Crippen molar-refractivity contribution < 1.29 is 4.74 Å². The van der Waals surface area contributed by atoms with Crippen LogP contribution < -0.4 is 10.1 Å². The number of benzene rings is 2. The van der Waals surface area contributed by atoms with Crippen LogP contribution in [0.3, 0.4) is 0 Å². The number of hydrogen-bond acceptors (Lipinski definition) is 5. The van der Waals surface area contributed by atoms with Gasteiger partial charge in [-0.2, -0.15) is 4.68 Å². The van der Waals surface area contributed by atoms with Crippen LogP contribution in [0.15, 0.2) is 54.6 Å². The average molecular weight is 374 g/mol. The van der Waals surface area contributed by atoms with Crippen molar-refractivity contribution in [1.82, 2.24) is 25.5 Å². The molecule has 138 valence electrons. The summed E-state index contributed by atoms with van der Waals surface area (Å²) in [6, 6.07) is 18.0. The summed E-state index contributed by atoms with van der Waals surface area (Å²) in [4.78, 5) is 0. The summed E-state index contributed by atoms with van der Waals surface area (Å²) in [6.45, 7) is 4.07. The lowest BCUT2D eigenvalue weighted by molar-refractivity contribution is 0.426. The van der Waals surface area contributed by atoms with E-state index in [1.165, 1.54) is 24.8 Å². The molecule has 0 saturated heterocycles. The van der Waals surface area contributed by atoms with Crippen molar-refractivity contribution in [3.63, 3.8) is 0 Å². The zero-order valence-corrected chi connectivity index (χ0v) is 15.7. The number of hydrogen-bond donors (Lipinski definition) is 1. The molecule has 26 heavy (non-hydrogen) atoms. The van der Waals surface area contributed by atoms with Gasteiger partial charge < -0.3 is 10.1 Å². The quantitative estimate of drug-likeness (QED) is 0.570. The molecule has 0 aliphatic heterocycles. The third kappa shape index (κ3) is 5.54. The first-order valence-electron chi connectivity index (χ1n) is 8.68. The summed E-state index contributed by atoms with van der Waals surface area (Å²) in [5, 5.41) is 15.2. The van der Waals surface area contributed by atoms with Gasteiger partial charge in [-0.3, -0.25) is 0 Å². The largest absolute Gasteiger partial charge is 0.423 e. The standard InChI is InChI=1S/C19H23N5O.ClH/c1-2-3-7-13-20-15-16-9-8-12-18(14-16)25-19-21-22-23-24(19)17-10-5-4-6-11-17;/h4-6,8-12,14,20H,2-3,7,13,15H2,1H3;1H. The molecule has 6 nitrogen and oxygen atoms in total. The van der Waals surface area contributed by atoms with E-state index < -0.39 is 0 Å². The molecule has 0 unspecified atom stereocenters. The molecule has 3 aromatic rings. The lowest BCUT2D eigenvalue weighted by Gasteiger charge is -2.08. The van der Waals surface area contributed by atoms with E-state index in [2.05, 4.69) is 33.8 Å². The van der Waals surface area contributed by atoms with Gasteiger partial charge in [-0.15, -0.1) is 12.4 Å². The number of aromatic nitrogens is 4. The maximum Gasteiger partial charge on any atom is 0.345 e. The monoisotopic (exact) mass is 373 g/mol. The summed E-state index contributed by atoms with van der Waals surface area (Å²) < 4.78 is 7.47. The van der Waals surface area contributed by atoms with Gasteiger partial charge in [0.05, 0.1) is 5.69 Å². The highest BCUT2D eigenvalue weighted by Crippen LogP contribution is 2.22. The van der Waals surface area contributed by atoms with Crippen LogP contribution in [0.25, 0.3) is 5.69 Å². The van der Waals surface area contributed by atoms with Crippen molar-refractivity contribution in [2.24, 2.45) is 0 Å². The Kier molecular flexibility index (Phi) is 8.05. The normalized spacial score (nSPS) is 10.3. The third-order valence-electron chi connectivity index (χ3n) is 3.84. The molecule has 1 N–H and O–H groups in total. The van der Waals surface area contributed by atoms with E-state index in [0.717, 1.165) is 24.5 Å². The Morgan fingerprint density at radius 3 is 2.69 bits per heavy atom. The van der Waals surface area contributed by atoms with E-state index in [-0.39, 0.29) is 12.4 Å². The number of nitrogens with zero attached hydrogens (tertiary/aromatic N) is 4. The number of rotatable bonds is 9. The molecule has 0 amide bonds. The summed E-state index contributed by atoms with van der Waals surface area (Å²) >= 11 is 0. The van der Waals surface area contributed by atoms with Crippen LogP contribution >= 0.6 is 12.4 Å². The number of unbranched alkanes of at least 4 members (excludes halogenated alkanes) is 2. The Bertz CT molecular complexity index is 778. The van der Waals surface area contributed by atoms with Crippen LogP contribution in [0, 0.1) is 0 Å². The summed E-state index contributed by atoms with van der Waals surface area (Å²) in [5.74, 6) is 0.722. The van der Waals surface area contributed by atoms with Crippen molar-refractivity contribution in [2.75, 3.05) is 6.54 Å². The molecule has 0 aliphatic rings. The number of nitrogens with one attached hydrogen (secondary N) is 1. The lowest BCUT2D eigenvalue weighted by atomic mass is 10.2. The Morgan fingerprint density at radius 2 is 1.88 bits per heavy atom. The minimum Gasteiger partial charge on any atom is -0.423 e. The number of halogens is 1. The maximum absolute atomic E-state index is 5.89.